The summed E-state index contributed by atoms with van der Waals surface area (Å²) in [4.78, 5) is 4.93. The first kappa shape index (κ1) is 16.2. The van der Waals surface area contributed by atoms with Crippen LogP contribution in [0.1, 0.15) is 26.2 Å². The zero-order chi connectivity index (χ0) is 14.6. The van der Waals surface area contributed by atoms with Crippen molar-refractivity contribution in [2.75, 3.05) is 51.3 Å². The summed E-state index contributed by atoms with van der Waals surface area (Å²) in [6.07, 6.45) is 3.41. The number of sulfone groups is 1. The van der Waals surface area contributed by atoms with E-state index in [4.69, 9.17) is 0 Å². The van der Waals surface area contributed by atoms with Crippen molar-refractivity contribution in [2.24, 2.45) is 0 Å². The summed E-state index contributed by atoms with van der Waals surface area (Å²) in [5.41, 5.74) is 0. The maximum atomic E-state index is 11.4. The quantitative estimate of drug-likeness (QED) is 0.727. The number of nitrogens with one attached hydrogen (secondary N) is 1. The lowest BCUT2D eigenvalue weighted by Crippen LogP contribution is -2.42. The maximum absolute atomic E-state index is 11.4. The standard InChI is InChI=1S/C14H29N3O2S/c1-3-17-8-4-5-14(17)11-16(2)9-7-15-13-6-10-20(18,19)12-13/h13-15H,3-12H2,1-2H3. The second kappa shape index (κ2) is 7.20. The van der Waals surface area contributed by atoms with Crippen LogP contribution in [0.2, 0.25) is 0 Å². The molecule has 0 aliphatic carbocycles. The Labute approximate surface area is 123 Å². The van der Waals surface area contributed by atoms with Crippen molar-refractivity contribution in [3.8, 4) is 0 Å². The molecule has 0 bridgehead atoms. The van der Waals surface area contributed by atoms with E-state index < -0.39 is 9.84 Å². The van der Waals surface area contributed by atoms with Crippen molar-refractivity contribution in [3.63, 3.8) is 0 Å². The molecule has 0 amide bonds. The van der Waals surface area contributed by atoms with Crippen LogP contribution in [0.4, 0.5) is 0 Å². The van der Waals surface area contributed by atoms with Crippen LogP contribution in [0, 0.1) is 0 Å². The number of likely N-dealkylation sites (tertiary alicyclic amines) is 1. The van der Waals surface area contributed by atoms with E-state index in [1.165, 1.54) is 19.4 Å². The first-order valence-corrected chi connectivity index (χ1v) is 9.68. The Morgan fingerprint density at radius 3 is 2.80 bits per heavy atom. The van der Waals surface area contributed by atoms with E-state index in [1.807, 2.05) is 0 Å². The van der Waals surface area contributed by atoms with E-state index in [0.717, 1.165) is 32.6 Å². The highest BCUT2D eigenvalue weighted by Gasteiger charge is 2.27. The van der Waals surface area contributed by atoms with Gasteiger partial charge in [0.25, 0.3) is 0 Å². The third kappa shape index (κ3) is 4.69. The van der Waals surface area contributed by atoms with Crippen molar-refractivity contribution in [2.45, 2.75) is 38.3 Å². The molecule has 0 aromatic carbocycles. The molecular formula is C14H29N3O2S. The van der Waals surface area contributed by atoms with Crippen LogP contribution in [0.25, 0.3) is 0 Å². The second-order valence-electron chi connectivity index (χ2n) is 6.24. The second-order valence-corrected chi connectivity index (χ2v) is 8.47. The molecule has 20 heavy (non-hydrogen) atoms. The Kier molecular flexibility index (Phi) is 5.84. The lowest BCUT2D eigenvalue weighted by molar-refractivity contribution is 0.198. The molecule has 118 valence electrons. The monoisotopic (exact) mass is 303 g/mol. The van der Waals surface area contributed by atoms with Gasteiger partial charge in [0.1, 0.15) is 0 Å². The van der Waals surface area contributed by atoms with Crippen LogP contribution in [-0.4, -0.2) is 81.6 Å². The fourth-order valence-electron chi connectivity index (χ4n) is 3.38. The molecule has 2 rings (SSSR count). The SMILES string of the molecule is CCN1CCCC1CN(C)CCNC1CCS(=O)(=O)C1. The largest absolute Gasteiger partial charge is 0.312 e. The van der Waals surface area contributed by atoms with Gasteiger partial charge >= 0.3 is 0 Å². The third-order valence-electron chi connectivity index (χ3n) is 4.59. The average Bonchev–Trinajstić information content (AvgIpc) is 2.95. The summed E-state index contributed by atoms with van der Waals surface area (Å²) in [5, 5.41) is 3.38. The van der Waals surface area contributed by atoms with Gasteiger partial charge in [0.2, 0.25) is 0 Å². The van der Waals surface area contributed by atoms with Gasteiger partial charge in [0.05, 0.1) is 11.5 Å². The van der Waals surface area contributed by atoms with E-state index in [1.54, 1.807) is 0 Å². The van der Waals surface area contributed by atoms with E-state index >= 15 is 0 Å². The van der Waals surface area contributed by atoms with Gasteiger partial charge in [-0.3, -0.25) is 4.90 Å². The molecule has 0 aromatic rings. The molecule has 6 heteroatoms. The molecule has 2 saturated heterocycles. The molecule has 2 aliphatic heterocycles. The van der Waals surface area contributed by atoms with Gasteiger partial charge in [0, 0.05) is 31.7 Å². The third-order valence-corrected chi connectivity index (χ3v) is 6.35. The van der Waals surface area contributed by atoms with Crippen LogP contribution in [0.3, 0.4) is 0 Å². The molecule has 0 radical (unpaired) electrons. The predicted octanol–water partition coefficient (Wildman–Crippen LogP) is 0.179. The van der Waals surface area contributed by atoms with Crippen LogP contribution in [-0.2, 0) is 9.84 Å². The number of hydrogen-bond donors (Lipinski definition) is 1. The van der Waals surface area contributed by atoms with Gasteiger partial charge in [-0.05, 0) is 39.4 Å². The number of nitrogens with zero attached hydrogens (tertiary/aromatic N) is 2. The van der Waals surface area contributed by atoms with E-state index in [-0.39, 0.29) is 6.04 Å². The van der Waals surface area contributed by atoms with Crippen molar-refractivity contribution in [3.05, 3.63) is 0 Å². The van der Waals surface area contributed by atoms with Crippen molar-refractivity contribution in [1.82, 2.24) is 15.1 Å². The summed E-state index contributed by atoms with van der Waals surface area (Å²) < 4.78 is 22.8. The van der Waals surface area contributed by atoms with Crippen molar-refractivity contribution in [1.29, 1.82) is 0 Å². The molecule has 0 spiro atoms. The van der Waals surface area contributed by atoms with Crippen LogP contribution >= 0.6 is 0 Å². The molecule has 2 heterocycles. The predicted molar refractivity (Wildman–Crippen MR) is 82.8 cm³/mol. The average molecular weight is 303 g/mol. The molecule has 2 aliphatic rings. The van der Waals surface area contributed by atoms with Gasteiger partial charge in [-0.1, -0.05) is 6.92 Å². The number of hydrogen-bond acceptors (Lipinski definition) is 5. The summed E-state index contributed by atoms with van der Waals surface area (Å²) in [7, 11) is -0.592. The van der Waals surface area contributed by atoms with Crippen molar-refractivity contribution >= 4 is 9.84 Å². The zero-order valence-corrected chi connectivity index (χ0v) is 13.7. The van der Waals surface area contributed by atoms with E-state index in [2.05, 4.69) is 29.1 Å². The molecular weight excluding hydrogens is 274 g/mol. The maximum Gasteiger partial charge on any atom is 0.151 e. The van der Waals surface area contributed by atoms with E-state index in [9.17, 15) is 8.42 Å². The highest BCUT2D eigenvalue weighted by Crippen LogP contribution is 2.17. The lowest BCUT2D eigenvalue weighted by atomic mass is 10.2. The first-order valence-electron chi connectivity index (χ1n) is 7.86. The highest BCUT2D eigenvalue weighted by molar-refractivity contribution is 7.91. The number of rotatable bonds is 7. The Bertz CT molecular complexity index is 399. The Balaban J connectivity index is 1.62. The van der Waals surface area contributed by atoms with Gasteiger partial charge < -0.3 is 10.2 Å². The Morgan fingerprint density at radius 2 is 2.15 bits per heavy atom. The van der Waals surface area contributed by atoms with E-state index in [0.29, 0.717) is 17.5 Å². The smallest absolute Gasteiger partial charge is 0.151 e. The normalized spacial score (nSPS) is 30.4. The lowest BCUT2D eigenvalue weighted by Gasteiger charge is -2.28. The molecule has 0 aromatic heterocycles. The minimum atomic E-state index is -2.76. The minimum Gasteiger partial charge on any atom is -0.312 e. The van der Waals surface area contributed by atoms with Crippen LogP contribution < -0.4 is 5.32 Å². The molecule has 5 nitrogen and oxygen atoms in total. The zero-order valence-electron chi connectivity index (χ0n) is 12.8. The molecule has 1 N–H and O–H groups in total. The topological polar surface area (TPSA) is 52.6 Å². The van der Waals surface area contributed by atoms with Gasteiger partial charge in [0.15, 0.2) is 9.84 Å². The van der Waals surface area contributed by atoms with Gasteiger partial charge in [-0.2, -0.15) is 0 Å². The minimum absolute atomic E-state index is 0.173. The van der Waals surface area contributed by atoms with Crippen LogP contribution in [0.15, 0.2) is 0 Å². The molecule has 2 unspecified atom stereocenters. The Morgan fingerprint density at radius 1 is 1.35 bits per heavy atom. The van der Waals surface area contributed by atoms with Gasteiger partial charge in [-0.25, -0.2) is 8.42 Å². The first-order chi connectivity index (χ1) is 9.50. The fourth-order valence-corrected chi connectivity index (χ4v) is 5.09. The van der Waals surface area contributed by atoms with Crippen LogP contribution in [0.5, 0.6) is 0 Å². The molecule has 2 atom stereocenters. The van der Waals surface area contributed by atoms with Gasteiger partial charge in [-0.15, -0.1) is 0 Å². The van der Waals surface area contributed by atoms with Crippen molar-refractivity contribution < 1.29 is 8.42 Å². The summed E-state index contributed by atoms with van der Waals surface area (Å²) >= 11 is 0. The fraction of sp³-hybridized carbons (Fsp3) is 1.00. The highest BCUT2D eigenvalue weighted by atomic mass is 32.2. The summed E-state index contributed by atoms with van der Waals surface area (Å²) in [6, 6.07) is 0.879. The summed E-state index contributed by atoms with van der Waals surface area (Å²) in [6.45, 7) is 7.63. The number of likely N-dealkylation sites (N-methyl/N-ethyl adjacent to an activating group) is 2. The molecule has 0 saturated carbocycles. The Hall–Kier alpha value is -0.170. The molecule has 2 fully saturated rings. The summed E-state index contributed by atoms with van der Waals surface area (Å²) in [5.74, 6) is 0.678.